The predicted molar refractivity (Wildman–Crippen MR) is 63.4 cm³/mol. The molecule has 0 bridgehead atoms. The molecule has 0 saturated carbocycles. The van der Waals surface area contributed by atoms with Crippen molar-refractivity contribution in [1.82, 2.24) is 0 Å². The molecule has 16 heavy (non-hydrogen) atoms. The summed E-state index contributed by atoms with van der Waals surface area (Å²) in [6.45, 7) is 2.33. The van der Waals surface area contributed by atoms with Gasteiger partial charge in [-0.25, -0.2) is 0 Å². The van der Waals surface area contributed by atoms with Gasteiger partial charge < -0.3 is 14.3 Å². The van der Waals surface area contributed by atoms with Crippen molar-refractivity contribution >= 4 is 18.0 Å². The summed E-state index contributed by atoms with van der Waals surface area (Å²) in [6.07, 6.45) is 3.50. The predicted octanol–water partition coefficient (Wildman–Crippen LogP) is 2.83. The van der Waals surface area contributed by atoms with Crippen LogP contribution in [0.5, 0.6) is 11.5 Å². The second-order valence-electron chi connectivity index (χ2n) is 3.73. The first-order valence-electron chi connectivity index (χ1n) is 5.18. The van der Waals surface area contributed by atoms with Gasteiger partial charge in [-0.1, -0.05) is 13.0 Å². The van der Waals surface area contributed by atoms with Gasteiger partial charge in [0.15, 0.2) is 11.5 Å². The molecule has 2 rings (SSSR count). The van der Waals surface area contributed by atoms with Gasteiger partial charge in [-0.3, -0.25) is 0 Å². The van der Waals surface area contributed by atoms with Gasteiger partial charge in [0, 0.05) is 6.42 Å². The normalized spacial score (nSPS) is 14.9. The molecule has 0 saturated heterocycles. The molecule has 0 spiro atoms. The molecule has 1 aliphatic rings. The summed E-state index contributed by atoms with van der Waals surface area (Å²) >= 11 is 1.63. The van der Waals surface area contributed by atoms with Crippen LogP contribution in [0.15, 0.2) is 17.0 Å². The maximum atomic E-state index is 10.6. The van der Waals surface area contributed by atoms with Crippen LogP contribution < -0.4 is 9.47 Å². The van der Waals surface area contributed by atoms with Gasteiger partial charge in [-0.2, -0.15) is 0 Å². The minimum absolute atomic E-state index is 0.217. The van der Waals surface area contributed by atoms with Crippen LogP contribution in [0.2, 0.25) is 0 Å². The molecule has 3 nitrogen and oxygen atoms in total. The molecule has 0 radical (unpaired) electrons. The van der Waals surface area contributed by atoms with E-state index in [1.807, 2.05) is 25.3 Å². The summed E-state index contributed by atoms with van der Waals surface area (Å²) in [7, 11) is 0. The van der Waals surface area contributed by atoms with E-state index in [9.17, 15) is 4.79 Å². The Morgan fingerprint density at radius 1 is 1.50 bits per heavy atom. The monoisotopic (exact) mass is 238 g/mol. The second kappa shape index (κ2) is 4.78. The molecule has 1 aromatic carbocycles. The van der Waals surface area contributed by atoms with Crippen molar-refractivity contribution < 1.29 is 14.3 Å². The molecular formula is C12H14O3S. The van der Waals surface area contributed by atoms with Crippen LogP contribution in [0.3, 0.4) is 0 Å². The highest BCUT2D eigenvalue weighted by Crippen LogP contribution is 2.44. The fourth-order valence-electron chi connectivity index (χ4n) is 1.83. The van der Waals surface area contributed by atoms with E-state index < -0.39 is 0 Å². The first-order valence-corrected chi connectivity index (χ1v) is 6.40. The van der Waals surface area contributed by atoms with Gasteiger partial charge in [0.1, 0.15) is 6.29 Å². The topological polar surface area (TPSA) is 35.5 Å². The van der Waals surface area contributed by atoms with Crippen molar-refractivity contribution in [3.8, 4) is 11.5 Å². The van der Waals surface area contributed by atoms with Gasteiger partial charge in [-0.05, 0) is 23.8 Å². The lowest BCUT2D eigenvalue weighted by Crippen LogP contribution is -1.98. The fraction of sp³-hybridized carbons (Fsp3) is 0.417. The minimum atomic E-state index is 0.217. The quantitative estimate of drug-likeness (QED) is 0.597. The number of hydrogen-bond acceptors (Lipinski definition) is 4. The lowest BCUT2D eigenvalue weighted by Gasteiger charge is -2.14. The lowest BCUT2D eigenvalue weighted by molar-refractivity contribution is -0.108. The summed E-state index contributed by atoms with van der Waals surface area (Å²) in [6, 6.07) is 3.94. The van der Waals surface area contributed by atoms with E-state index in [1.165, 1.54) is 0 Å². The molecule has 1 aliphatic heterocycles. The summed E-state index contributed by atoms with van der Waals surface area (Å²) in [5.74, 6) is 1.84. The van der Waals surface area contributed by atoms with Crippen molar-refractivity contribution in [3.63, 3.8) is 0 Å². The molecule has 0 aromatic heterocycles. The smallest absolute Gasteiger partial charge is 0.231 e. The zero-order chi connectivity index (χ0) is 11.5. The number of hydrogen-bond donors (Lipinski definition) is 0. The first kappa shape index (κ1) is 11.3. The van der Waals surface area contributed by atoms with Gasteiger partial charge in [0.2, 0.25) is 6.79 Å². The summed E-state index contributed by atoms with van der Waals surface area (Å²) in [5.41, 5.74) is 1.16. The Morgan fingerprint density at radius 3 is 3.00 bits per heavy atom. The number of benzene rings is 1. The van der Waals surface area contributed by atoms with Crippen molar-refractivity contribution in [2.75, 3.05) is 13.0 Å². The van der Waals surface area contributed by atoms with Crippen LogP contribution >= 0.6 is 11.8 Å². The number of aldehydes is 1. The third kappa shape index (κ3) is 1.89. The van der Waals surface area contributed by atoms with E-state index >= 15 is 0 Å². The molecule has 0 N–H and O–H groups in total. The van der Waals surface area contributed by atoms with E-state index in [0.29, 0.717) is 6.42 Å². The van der Waals surface area contributed by atoms with E-state index in [-0.39, 0.29) is 12.7 Å². The molecule has 1 unspecified atom stereocenters. The molecule has 1 heterocycles. The summed E-state index contributed by atoms with van der Waals surface area (Å²) in [4.78, 5) is 11.6. The molecule has 1 atom stereocenters. The highest BCUT2D eigenvalue weighted by Gasteiger charge is 2.22. The highest BCUT2D eigenvalue weighted by atomic mass is 32.2. The minimum Gasteiger partial charge on any atom is -0.454 e. The maximum Gasteiger partial charge on any atom is 0.231 e. The number of thioether (sulfide) groups is 1. The van der Waals surface area contributed by atoms with Crippen LogP contribution in [0.25, 0.3) is 0 Å². The third-order valence-electron chi connectivity index (χ3n) is 2.71. The molecule has 0 amide bonds. The number of fused-ring (bicyclic) bond motifs is 1. The summed E-state index contributed by atoms with van der Waals surface area (Å²) in [5, 5.41) is 0. The van der Waals surface area contributed by atoms with Crippen molar-refractivity contribution in [1.29, 1.82) is 0 Å². The molecular weight excluding hydrogens is 224 g/mol. The van der Waals surface area contributed by atoms with Crippen LogP contribution in [0.4, 0.5) is 0 Å². The van der Waals surface area contributed by atoms with Crippen LogP contribution in [0.1, 0.15) is 24.8 Å². The third-order valence-corrected chi connectivity index (χ3v) is 3.54. The molecule has 4 heteroatoms. The number of carbonyl (C=O) groups excluding carboxylic acids is 1. The summed E-state index contributed by atoms with van der Waals surface area (Å²) < 4.78 is 10.8. The molecule has 1 aromatic rings. The largest absolute Gasteiger partial charge is 0.454 e. The van der Waals surface area contributed by atoms with Crippen LogP contribution in [-0.4, -0.2) is 19.3 Å². The molecule has 86 valence electrons. The Balaban J connectivity index is 2.42. The Hall–Kier alpha value is -1.16. The second-order valence-corrected chi connectivity index (χ2v) is 4.54. The van der Waals surface area contributed by atoms with Gasteiger partial charge in [0.25, 0.3) is 0 Å². The maximum absolute atomic E-state index is 10.6. The van der Waals surface area contributed by atoms with Crippen molar-refractivity contribution in [3.05, 3.63) is 17.7 Å². The number of ether oxygens (including phenoxy) is 2. The van der Waals surface area contributed by atoms with Crippen molar-refractivity contribution in [2.24, 2.45) is 0 Å². The van der Waals surface area contributed by atoms with E-state index in [4.69, 9.17) is 9.47 Å². The van der Waals surface area contributed by atoms with E-state index in [0.717, 1.165) is 28.2 Å². The number of carbonyl (C=O) groups is 1. The van der Waals surface area contributed by atoms with Crippen molar-refractivity contribution in [2.45, 2.75) is 24.2 Å². The lowest BCUT2D eigenvalue weighted by atomic mass is 9.98. The van der Waals surface area contributed by atoms with Crippen LogP contribution in [-0.2, 0) is 4.79 Å². The Morgan fingerprint density at radius 2 is 2.31 bits per heavy atom. The average molecular weight is 238 g/mol. The Bertz CT molecular complexity index is 403. The van der Waals surface area contributed by atoms with E-state index in [2.05, 4.69) is 0 Å². The molecule has 0 fully saturated rings. The Labute approximate surface area is 99.1 Å². The number of rotatable bonds is 4. The van der Waals surface area contributed by atoms with Gasteiger partial charge in [0.05, 0.1) is 4.90 Å². The molecule has 0 aliphatic carbocycles. The van der Waals surface area contributed by atoms with E-state index in [1.54, 1.807) is 11.8 Å². The SMILES string of the molecule is CSc1c(C(C)CC=O)ccc2c1OCO2. The fourth-order valence-corrected chi connectivity index (χ4v) is 2.68. The Kier molecular flexibility index (Phi) is 3.39. The zero-order valence-electron chi connectivity index (χ0n) is 9.36. The van der Waals surface area contributed by atoms with Gasteiger partial charge >= 0.3 is 0 Å². The standard InChI is InChI=1S/C12H14O3S/c1-8(5-6-13)9-3-4-10-11(12(9)16-2)15-7-14-10/h3-4,6,8H,5,7H2,1-2H3. The van der Waals surface area contributed by atoms with Crippen LogP contribution in [0, 0.1) is 0 Å². The zero-order valence-corrected chi connectivity index (χ0v) is 10.2. The first-order chi connectivity index (χ1) is 7.77. The average Bonchev–Trinajstić information content (AvgIpc) is 2.75. The van der Waals surface area contributed by atoms with Gasteiger partial charge in [-0.15, -0.1) is 11.8 Å². The highest BCUT2D eigenvalue weighted by molar-refractivity contribution is 7.98.